The maximum absolute atomic E-state index is 12.2. The molecule has 0 spiro atoms. The Hall–Kier alpha value is -1.72. The molecule has 0 saturated heterocycles. The molecule has 0 fully saturated rings. The number of halogens is 3. The van der Waals surface area contributed by atoms with E-state index in [1.807, 2.05) is 0 Å². The van der Waals surface area contributed by atoms with Crippen LogP contribution in [0.3, 0.4) is 0 Å². The van der Waals surface area contributed by atoms with Crippen molar-refractivity contribution in [2.75, 3.05) is 18.4 Å². The molecule has 0 unspecified atom stereocenters. The van der Waals surface area contributed by atoms with Gasteiger partial charge >= 0.3 is 6.18 Å². The second-order valence-corrected chi connectivity index (χ2v) is 3.38. The number of carbonyl (C=O) groups is 1. The molecule has 0 atom stereocenters. The zero-order valence-electron chi connectivity index (χ0n) is 9.27. The van der Waals surface area contributed by atoms with Crippen molar-refractivity contribution in [3.8, 4) is 0 Å². The summed E-state index contributed by atoms with van der Waals surface area (Å²) >= 11 is 0. The Labute approximate surface area is 97.0 Å². The first kappa shape index (κ1) is 13.3. The smallest absolute Gasteiger partial charge is 0.376 e. The van der Waals surface area contributed by atoms with Crippen LogP contribution < -0.4 is 10.6 Å². The maximum Gasteiger partial charge on any atom is 0.416 e. The number of alkyl halides is 3. The second-order valence-electron chi connectivity index (χ2n) is 3.38. The van der Waals surface area contributed by atoms with Crippen LogP contribution in [0.15, 0.2) is 24.3 Å². The van der Waals surface area contributed by atoms with Gasteiger partial charge in [0, 0.05) is 12.2 Å². The Morgan fingerprint density at radius 1 is 1.24 bits per heavy atom. The molecule has 6 heteroatoms. The number of likely N-dealkylation sites (N-methyl/N-ethyl adjacent to an activating group) is 1. The zero-order chi connectivity index (χ0) is 12.9. The van der Waals surface area contributed by atoms with E-state index in [1.165, 1.54) is 12.1 Å². The molecule has 1 aromatic carbocycles. The fourth-order valence-corrected chi connectivity index (χ4v) is 1.22. The van der Waals surface area contributed by atoms with Crippen molar-refractivity contribution >= 4 is 11.6 Å². The molecular formula is C11H13F3N2O. The van der Waals surface area contributed by atoms with Crippen molar-refractivity contribution in [3.05, 3.63) is 29.8 Å². The van der Waals surface area contributed by atoms with Crippen LogP contribution in [0.5, 0.6) is 0 Å². The number of amides is 1. The van der Waals surface area contributed by atoms with Crippen LogP contribution in [0, 0.1) is 0 Å². The van der Waals surface area contributed by atoms with Crippen LogP contribution in [0.4, 0.5) is 18.9 Å². The molecule has 2 N–H and O–H groups in total. The Balaban J connectivity index is 2.54. The molecule has 1 rings (SSSR count). The molecule has 3 nitrogen and oxygen atoms in total. The standard InChI is InChI=1S/C11H13F3N2O/c1-2-15-10(17)7-16-9-5-3-8(4-6-9)11(12,13)14/h3-6,16H,2,7H2,1H3,(H,15,17). The van der Waals surface area contributed by atoms with Crippen LogP contribution in [0.2, 0.25) is 0 Å². The molecule has 1 amide bonds. The molecule has 0 bridgehead atoms. The molecule has 0 aliphatic carbocycles. The highest BCUT2D eigenvalue weighted by Gasteiger charge is 2.29. The zero-order valence-corrected chi connectivity index (χ0v) is 9.27. The van der Waals surface area contributed by atoms with Crippen molar-refractivity contribution in [3.63, 3.8) is 0 Å². The van der Waals surface area contributed by atoms with Gasteiger partial charge in [-0.3, -0.25) is 4.79 Å². The van der Waals surface area contributed by atoms with E-state index < -0.39 is 11.7 Å². The number of hydrogen-bond acceptors (Lipinski definition) is 2. The topological polar surface area (TPSA) is 41.1 Å². The van der Waals surface area contributed by atoms with E-state index >= 15 is 0 Å². The number of rotatable bonds is 4. The SMILES string of the molecule is CCNC(=O)CNc1ccc(C(F)(F)F)cc1. The van der Waals surface area contributed by atoms with Crippen molar-refractivity contribution < 1.29 is 18.0 Å². The van der Waals surface area contributed by atoms with E-state index in [0.29, 0.717) is 12.2 Å². The van der Waals surface area contributed by atoms with E-state index in [9.17, 15) is 18.0 Å². The molecule has 0 heterocycles. The molecule has 0 radical (unpaired) electrons. The lowest BCUT2D eigenvalue weighted by Gasteiger charge is -2.09. The highest BCUT2D eigenvalue weighted by atomic mass is 19.4. The fraction of sp³-hybridized carbons (Fsp3) is 0.364. The first-order valence-corrected chi connectivity index (χ1v) is 5.11. The van der Waals surface area contributed by atoms with Gasteiger partial charge in [-0.1, -0.05) is 0 Å². The van der Waals surface area contributed by atoms with Gasteiger partial charge in [0.15, 0.2) is 0 Å². The summed E-state index contributed by atoms with van der Waals surface area (Å²) in [5, 5.41) is 5.30. The van der Waals surface area contributed by atoms with Crippen LogP contribution >= 0.6 is 0 Å². The second kappa shape index (κ2) is 5.56. The van der Waals surface area contributed by atoms with Crippen molar-refractivity contribution in [1.82, 2.24) is 5.32 Å². The summed E-state index contributed by atoms with van der Waals surface area (Å²) in [6.07, 6.45) is -4.34. The highest BCUT2D eigenvalue weighted by molar-refractivity contribution is 5.80. The first-order chi connectivity index (χ1) is 7.93. The van der Waals surface area contributed by atoms with Gasteiger partial charge in [-0.25, -0.2) is 0 Å². The summed E-state index contributed by atoms with van der Waals surface area (Å²) in [5.74, 6) is -0.201. The minimum absolute atomic E-state index is 0.0409. The molecule has 0 saturated carbocycles. The van der Waals surface area contributed by atoms with E-state index in [2.05, 4.69) is 10.6 Å². The van der Waals surface area contributed by atoms with Crippen LogP contribution in [-0.2, 0) is 11.0 Å². The number of benzene rings is 1. The van der Waals surface area contributed by atoms with Gasteiger partial charge in [-0.2, -0.15) is 13.2 Å². The van der Waals surface area contributed by atoms with Gasteiger partial charge < -0.3 is 10.6 Å². The summed E-state index contributed by atoms with van der Waals surface area (Å²) < 4.78 is 36.7. The van der Waals surface area contributed by atoms with E-state index in [-0.39, 0.29) is 12.5 Å². The summed E-state index contributed by atoms with van der Waals surface area (Å²) in [5.41, 5.74) is -0.231. The lowest BCUT2D eigenvalue weighted by atomic mass is 10.2. The predicted octanol–water partition coefficient (Wildman–Crippen LogP) is 2.25. The van der Waals surface area contributed by atoms with Crippen molar-refractivity contribution in [2.24, 2.45) is 0 Å². The molecule has 0 aliphatic rings. The first-order valence-electron chi connectivity index (χ1n) is 5.11. The molecular weight excluding hydrogens is 233 g/mol. The third-order valence-corrected chi connectivity index (χ3v) is 2.04. The molecule has 0 aliphatic heterocycles. The number of nitrogens with one attached hydrogen (secondary N) is 2. The van der Waals surface area contributed by atoms with Crippen LogP contribution in [-0.4, -0.2) is 19.0 Å². The monoisotopic (exact) mass is 246 g/mol. The molecule has 0 aromatic heterocycles. The maximum atomic E-state index is 12.2. The number of anilines is 1. The molecule has 94 valence electrons. The summed E-state index contributed by atoms with van der Waals surface area (Å²) in [4.78, 5) is 11.1. The van der Waals surface area contributed by atoms with Gasteiger partial charge in [0.05, 0.1) is 12.1 Å². The lowest BCUT2D eigenvalue weighted by molar-refractivity contribution is -0.137. The number of hydrogen-bond donors (Lipinski definition) is 2. The Morgan fingerprint density at radius 3 is 2.29 bits per heavy atom. The Kier molecular flexibility index (Phi) is 4.37. The summed E-state index contributed by atoms with van der Waals surface area (Å²) in [7, 11) is 0. The largest absolute Gasteiger partial charge is 0.416 e. The lowest BCUT2D eigenvalue weighted by Crippen LogP contribution is -2.29. The van der Waals surface area contributed by atoms with Gasteiger partial charge in [0.1, 0.15) is 0 Å². The Bertz CT molecular complexity index is 373. The van der Waals surface area contributed by atoms with Gasteiger partial charge in [0.25, 0.3) is 0 Å². The summed E-state index contributed by atoms with van der Waals surface area (Å²) in [6, 6.07) is 4.53. The minimum atomic E-state index is -4.34. The van der Waals surface area contributed by atoms with Crippen molar-refractivity contribution in [2.45, 2.75) is 13.1 Å². The van der Waals surface area contributed by atoms with E-state index in [0.717, 1.165) is 12.1 Å². The quantitative estimate of drug-likeness (QED) is 0.855. The van der Waals surface area contributed by atoms with Crippen molar-refractivity contribution in [1.29, 1.82) is 0 Å². The normalized spacial score (nSPS) is 11.1. The van der Waals surface area contributed by atoms with Gasteiger partial charge in [-0.05, 0) is 31.2 Å². The van der Waals surface area contributed by atoms with Gasteiger partial charge in [0.2, 0.25) is 5.91 Å². The van der Waals surface area contributed by atoms with Crippen LogP contribution in [0.25, 0.3) is 0 Å². The van der Waals surface area contributed by atoms with E-state index in [1.54, 1.807) is 6.92 Å². The fourth-order valence-electron chi connectivity index (χ4n) is 1.22. The third kappa shape index (κ3) is 4.34. The highest BCUT2D eigenvalue weighted by Crippen LogP contribution is 2.29. The number of carbonyl (C=O) groups excluding carboxylic acids is 1. The minimum Gasteiger partial charge on any atom is -0.376 e. The summed E-state index contributed by atoms with van der Waals surface area (Å²) in [6.45, 7) is 2.35. The Morgan fingerprint density at radius 2 is 1.82 bits per heavy atom. The molecule has 17 heavy (non-hydrogen) atoms. The predicted molar refractivity (Wildman–Crippen MR) is 58.6 cm³/mol. The van der Waals surface area contributed by atoms with Crippen LogP contribution in [0.1, 0.15) is 12.5 Å². The third-order valence-electron chi connectivity index (χ3n) is 2.04. The molecule has 1 aromatic rings. The average molecular weight is 246 g/mol. The van der Waals surface area contributed by atoms with E-state index in [4.69, 9.17) is 0 Å². The van der Waals surface area contributed by atoms with Gasteiger partial charge in [-0.15, -0.1) is 0 Å². The average Bonchev–Trinajstić information content (AvgIpc) is 2.26.